The van der Waals surface area contributed by atoms with Gasteiger partial charge < -0.3 is 5.32 Å². The van der Waals surface area contributed by atoms with Crippen molar-refractivity contribution in [3.8, 4) is 0 Å². The number of rotatable bonds is 6. The first-order valence-electron chi connectivity index (χ1n) is 6.95. The lowest BCUT2D eigenvalue weighted by Gasteiger charge is -2.11. The average Bonchev–Trinajstić information content (AvgIpc) is 2.47. The van der Waals surface area contributed by atoms with Crippen LogP contribution in [0.2, 0.25) is 10.0 Å². The Bertz CT molecular complexity index is 730. The monoisotopic (exact) mass is 358 g/mol. The van der Waals surface area contributed by atoms with Crippen LogP contribution >= 0.6 is 23.2 Å². The number of hydrogen-bond donors (Lipinski definition) is 1. The van der Waals surface area contributed by atoms with E-state index in [2.05, 4.69) is 0 Å². The second-order valence-corrected chi connectivity index (χ2v) is 8.12. The second-order valence-electron chi connectivity index (χ2n) is 5.14. The van der Waals surface area contributed by atoms with Gasteiger partial charge in [-0.3, -0.25) is 0 Å². The molecular formula is C16H18Cl2NO2S+. The molecule has 0 saturated carbocycles. The molecule has 0 fully saturated rings. The lowest BCUT2D eigenvalue weighted by atomic mass is 10.1. The molecule has 2 aromatic rings. The van der Waals surface area contributed by atoms with Gasteiger partial charge in [-0.15, -0.1) is 0 Å². The summed E-state index contributed by atoms with van der Waals surface area (Å²) in [6.45, 7) is 2.51. The third-order valence-corrected chi connectivity index (χ3v) is 5.70. The highest BCUT2D eigenvalue weighted by atomic mass is 35.5. The Morgan fingerprint density at radius 1 is 1.05 bits per heavy atom. The molecule has 118 valence electrons. The van der Waals surface area contributed by atoms with Crippen LogP contribution in [0, 0.1) is 0 Å². The molecule has 0 bridgehead atoms. The Morgan fingerprint density at radius 2 is 1.73 bits per heavy atom. The van der Waals surface area contributed by atoms with E-state index in [9.17, 15) is 8.42 Å². The van der Waals surface area contributed by atoms with E-state index in [0.717, 1.165) is 5.56 Å². The van der Waals surface area contributed by atoms with E-state index in [0.29, 0.717) is 21.5 Å². The van der Waals surface area contributed by atoms with E-state index < -0.39 is 9.84 Å². The van der Waals surface area contributed by atoms with Crippen LogP contribution in [-0.4, -0.2) is 20.7 Å². The molecule has 0 saturated heterocycles. The Morgan fingerprint density at radius 3 is 2.36 bits per heavy atom. The zero-order valence-electron chi connectivity index (χ0n) is 12.2. The van der Waals surface area contributed by atoms with Crippen LogP contribution < -0.4 is 5.32 Å². The van der Waals surface area contributed by atoms with Gasteiger partial charge in [0.15, 0.2) is 9.84 Å². The van der Waals surface area contributed by atoms with E-state index in [1.54, 1.807) is 12.1 Å². The Kier molecular flexibility index (Phi) is 5.87. The molecule has 0 aromatic heterocycles. The maximum atomic E-state index is 12.2. The van der Waals surface area contributed by atoms with Crippen molar-refractivity contribution < 1.29 is 13.7 Å². The third-order valence-electron chi connectivity index (χ3n) is 3.45. The maximum absolute atomic E-state index is 12.2. The largest absolute Gasteiger partial charge is 0.339 e. The molecule has 22 heavy (non-hydrogen) atoms. The van der Waals surface area contributed by atoms with Crippen LogP contribution in [0.4, 0.5) is 0 Å². The minimum Gasteiger partial charge on any atom is -0.339 e. The normalized spacial score (nSPS) is 13.0. The first-order chi connectivity index (χ1) is 10.4. The third kappa shape index (κ3) is 4.71. The van der Waals surface area contributed by atoms with Crippen molar-refractivity contribution in [3.05, 3.63) is 64.1 Å². The van der Waals surface area contributed by atoms with Crippen molar-refractivity contribution in [1.82, 2.24) is 0 Å². The molecular weight excluding hydrogens is 341 g/mol. The van der Waals surface area contributed by atoms with Crippen molar-refractivity contribution in [2.45, 2.75) is 17.9 Å². The van der Waals surface area contributed by atoms with Crippen molar-refractivity contribution in [1.29, 1.82) is 0 Å². The molecule has 0 radical (unpaired) electrons. The van der Waals surface area contributed by atoms with Crippen LogP contribution in [-0.2, 0) is 9.84 Å². The summed E-state index contributed by atoms with van der Waals surface area (Å²) in [5.41, 5.74) is 1.08. The summed E-state index contributed by atoms with van der Waals surface area (Å²) in [6.07, 6.45) is 0. The quantitative estimate of drug-likeness (QED) is 0.862. The van der Waals surface area contributed by atoms with Crippen molar-refractivity contribution in [3.63, 3.8) is 0 Å². The average molecular weight is 359 g/mol. The fourth-order valence-electron chi connectivity index (χ4n) is 2.16. The number of quaternary nitrogens is 1. The Labute approximate surface area is 141 Å². The fourth-order valence-corrected chi connectivity index (χ4v) is 3.72. The van der Waals surface area contributed by atoms with Gasteiger partial charge in [0.25, 0.3) is 0 Å². The van der Waals surface area contributed by atoms with Gasteiger partial charge in [0.05, 0.1) is 11.4 Å². The second kappa shape index (κ2) is 7.47. The van der Waals surface area contributed by atoms with Gasteiger partial charge in [-0.2, -0.15) is 0 Å². The van der Waals surface area contributed by atoms with Crippen LogP contribution in [0.5, 0.6) is 0 Å². The smallest absolute Gasteiger partial charge is 0.183 e. The highest BCUT2D eigenvalue weighted by Crippen LogP contribution is 2.16. The molecule has 2 aromatic carbocycles. The number of benzene rings is 2. The zero-order chi connectivity index (χ0) is 16.2. The molecule has 2 N–H and O–H groups in total. The first-order valence-corrected chi connectivity index (χ1v) is 9.36. The molecule has 0 unspecified atom stereocenters. The van der Waals surface area contributed by atoms with E-state index in [1.807, 2.05) is 36.5 Å². The Balaban J connectivity index is 1.94. The molecule has 1 atom stereocenters. The van der Waals surface area contributed by atoms with Crippen LogP contribution in [0.15, 0.2) is 53.4 Å². The minimum absolute atomic E-state index is 0.0829. The fraction of sp³-hybridized carbons (Fsp3) is 0.250. The van der Waals surface area contributed by atoms with Crippen molar-refractivity contribution >= 4 is 33.0 Å². The predicted octanol–water partition coefficient (Wildman–Crippen LogP) is 3.09. The molecule has 0 aliphatic heterocycles. The molecule has 0 aliphatic carbocycles. The Hall–Kier alpha value is -1.07. The van der Waals surface area contributed by atoms with Crippen LogP contribution in [0.3, 0.4) is 0 Å². The minimum atomic E-state index is -3.28. The van der Waals surface area contributed by atoms with Crippen LogP contribution in [0.1, 0.15) is 18.5 Å². The van der Waals surface area contributed by atoms with Gasteiger partial charge >= 0.3 is 0 Å². The molecule has 0 aliphatic rings. The van der Waals surface area contributed by atoms with Gasteiger partial charge in [-0.25, -0.2) is 8.42 Å². The van der Waals surface area contributed by atoms with E-state index in [-0.39, 0.29) is 11.8 Å². The highest BCUT2D eigenvalue weighted by Gasteiger charge is 2.16. The van der Waals surface area contributed by atoms with E-state index >= 15 is 0 Å². The topological polar surface area (TPSA) is 50.8 Å². The molecule has 6 heteroatoms. The van der Waals surface area contributed by atoms with Crippen LogP contribution in [0.25, 0.3) is 0 Å². The summed E-state index contributed by atoms with van der Waals surface area (Å²) < 4.78 is 24.5. The number of nitrogens with two attached hydrogens (primary N) is 1. The molecule has 0 spiro atoms. The number of hydrogen-bond acceptors (Lipinski definition) is 2. The van der Waals surface area contributed by atoms with Gasteiger partial charge in [-0.05, 0) is 43.3 Å². The number of halogens is 2. The lowest BCUT2D eigenvalue weighted by Crippen LogP contribution is -2.85. The van der Waals surface area contributed by atoms with Crippen molar-refractivity contribution in [2.75, 3.05) is 12.3 Å². The van der Waals surface area contributed by atoms with Gasteiger partial charge in [0, 0.05) is 15.6 Å². The zero-order valence-corrected chi connectivity index (χ0v) is 14.5. The van der Waals surface area contributed by atoms with Gasteiger partial charge in [-0.1, -0.05) is 35.3 Å². The van der Waals surface area contributed by atoms with Gasteiger partial charge in [0.2, 0.25) is 0 Å². The summed E-state index contributed by atoms with van der Waals surface area (Å²) >= 11 is 11.7. The summed E-state index contributed by atoms with van der Waals surface area (Å²) in [6, 6.07) is 14.0. The van der Waals surface area contributed by atoms with E-state index in [1.165, 1.54) is 12.1 Å². The summed E-state index contributed by atoms with van der Waals surface area (Å²) in [4.78, 5) is 0.306. The SMILES string of the molecule is C[C@H]([NH2+]CCS(=O)(=O)c1ccc(Cl)cc1)c1cccc(Cl)c1. The standard InChI is InChI=1S/C16H17Cl2NO2S/c1-12(13-3-2-4-15(18)11-13)19-9-10-22(20,21)16-7-5-14(17)6-8-16/h2-8,11-12,19H,9-10H2,1H3/p+1/t12-/m0/s1. The summed E-state index contributed by atoms with van der Waals surface area (Å²) in [5, 5.41) is 3.21. The van der Waals surface area contributed by atoms with Crippen molar-refractivity contribution in [2.24, 2.45) is 0 Å². The number of sulfone groups is 1. The molecule has 0 amide bonds. The molecule has 2 rings (SSSR count). The summed E-state index contributed by atoms with van der Waals surface area (Å²) in [7, 11) is -3.28. The lowest BCUT2D eigenvalue weighted by molar-refractivity contribution is -0.689. The van der Waals surface area contributed by atoms with Gasteiger partial charge in [0.1, 0.15) is 11.8 Å². The predicted molar refractivity (Wildman–Crippen MR) is 90.2 cm³/mol. The maximum Gasteiger partial charge on any atom is 0.183 e. The highest BCUT2D eigenvalue weighted by molar-refractivity contribution is 7.91. The molecule has 0 heterocycles. The summed E-state index contributed by atoms with van der Waals surface area (Å²) in [5.74, 6) is 0.0829. The first kappa shape index (κ1) is 17.3. The molecule has 3 nitrogen and oxygen atoms in total. The van der Waals surface area contributed by atoms with E-state index in [4.69, 9.17) is 23.2 Å².